The van der Waals surface area contributed by atoms with Crippen LogP contribution >= 0.6 is 23.2 Å². The fourth-order valence-corrected chi connectivity index (χ4v) is 2.63. The van der Waals surface area contributed by atoms with Crippen molar-refractivity contribution < 1.29 is 4.79 Å². The van der Waals surface area contributed by atoms with Gasteiger partial charge in [-0.25, -0.2) is 0 Å². The second-order valence-corrected chi connectivity index (χ2v) is 5.35. The van der Waals surface area contributed by atoms with Crippen LogP contribution < -0.4 is 0 Å². The lowest BCUT2D eigenvalue weighted by atomic mass is 10.1. The molecule has 19 heavy (non-hydrogen) atoms. The largest absolute Gasteiger partial charge is 0.327 e. The van der Waals surface area contributed by atoms with Crippen LogP contribution in [0.3, 0.4) is 0 Å². The summed E-state index contributed by atoms with van der Waals surface area (Å²) in [4.78, 5) is 14.1. The molecule has 0 N–H and O–H groups in total. The first-order valence-electron chi connectivity index (χ1n) is 5.98. The molecule has 1 unspecified atom stereocenters. The van der Waals surface area contributed by atoms with Gasteiger partial charge in [-0.2, -0.15) is 0 Å². The Hall–Kier alpha value is -1.51. The zero-order valence-electron chi connectivity index (χ0n) is 10.0. The molecule has 1 amide bonds. The first kappa shape index (κ1) is 12.5. The van der Waals surface area contributed by atoms with Crippen molar-refractivity contribution in [1.29, 1.82) is 0 Å². The van der Waals surface area contributed by atoms with Crippen molar-refractivity contribution in [3.05, 3.63) is 69.7 Å². The third-order valence-corrected chi connectivity index (χ3v) is 3.77. The number of carbonyl (C=O) groups is 1. The van der Waals surface area contributed by atoms with Gasteiger partial charge in [0, 0.05) is 11.6 Å². The van der Waals surface area contributed by atoms with Crippen molar-refractivity contribution in [3.63, 3.8) is 0 Å². The topological polar surface area (TPSA) is 20.1 Å². The normalized spacial score (nSPS) is 17.4. The van der Waals surface area contributed by atoms with Crippen LogP contribution in [-0.4, -0.2) is 17.4 Å². The Labute approximate surface area is 121 Å². The minimum absolute atomic E-state index is 0.0458. The SMILES string of the molecule is O=C(c1ccc(Cl)cc1Cl)N1CC1c1ccccc1. The molecule has 2 aromatic carbocycles. The van der Waals surface area contributed by atoms with Crippen molar-refractivity contribution in [3.8, 4) is 0 Å². The van der Waals surface area contributed by atoms with Gasteiger partial charge in [0.2, 0.25) is 0 Å². The van der Waals surface area contributed by atoms with E-state index in [4.69, 9.17) is 23.2 Å². The molecule has 4 heteroatoms. The predicted molar refractivity (Wildman–Crippen MR) is 76.7 cm³/mol. The van der Waals surface area contributed by atoms with E-state index in [1.165, 1.54) is 0 Å². The summed E-state index contributed by atoms with van der Waals surface area (Å²) in [5, 5.41) is 0.933. The van der Waals surface area contributed by atoms with E-state index in [9.17, 15) is 4.79 Å². The molecule has 0 spiro atoms. The first-order valence-corrected chi connectivity index (χ1v) is 6.73. The van der Waals surface area contributed by atoms with Crippen LogP contribution in [0.5, 0.6) is 0 Å². The number of benzene rings is 2. The van der Waals surface area contributed by atoms with Crippen molar-refractivity contribution in [2.45, 2.75) is 6.04 Å². The third kappa shape index (κ3) is 2.46. The molecule has 2 nitrogen and oxygen atoms in total. The molecule has 1 fully saturated rings. The summed E-state index contributed by atoms with van der Waals surface area (Å²) in [7, 11) is 0. The summed E-state index contributed by atoms with van der Waals surface area (Å²) < 4.78 is 0. The van der Waals surface area contributed by atoms with Crippen LogP contribution in [0.1, 0.15) is 22.0 Å². The monoisotopic (exact) mass is 291 g/mol. The maximum absolute atomic E-state index is 12.3. The minimum atomic E-state index is -0.0458. The molecule has 0 bridgehead atoms. The van der Waals surface area contributed by atoms with Crippen LogP contribution in [0.2, 0.25) is 10.0 Å². The van der Waals surface area contributed by atoms with Crippen molar-refractivity contribution in [1.82, 2.24) is 4.90 Å². The Balaban J connectivity index is 1.80. The van der Waals surface area contributed by atoms with E-state index in [1.54, 1.807) is 23.1 Å². The quantitative estimate of drug-likeness (QED) is 0.760. The summed E-state index contributed by atoms with van der Waals surface area (Å²) in [6.07, 6.45) is 0. The fraction of sp³-hybridized carbons (Fsp3) is 0.133. The number of halogens is 2. The van der Waals surface area contributed by atoms with Gasteiger partial charge < -0.3 is 4.90 Å². The molecule has 1 aliphatic rings. The number of rotatable bonds is 2. The number of hydrogen-bond acceptors (Lipinski definition) is 1. The number of hydrogen-bond donors (Lipinski definition) is 0. The number of carbonyl (C=O) groups excluding carboxylic acids is 1. The van der Waals surface area contributed by atoms with Gasteiger partial charge in [-0.05, 0) is 23.8 Å². The molecule has 1 atom stereocenters. The summed E-state index contributed by atoms with van der Waals surface area (Å²) in [5.74, 6) is -0.0458. The highest BCUT2D eigenvalue weighted by Crippen LogP contribution is 2.37. The molecule has 1 aliphatic heterocycles. The zero-order chi connectivity index (χ0) is 13.4. The predicted octanol–water partition coefficient (Wildman–Crippen LogP) is 4.19. The van der Waals surface area contributed by atoms with Gasteiger partial charge in [0.05, 0.1) is 16.6 Å². The lowest BCUT2D eigenvalue weighted by Gasteiger charge is -2.06. The highest BCUT2D eigenvalue weighted by atomic mass is 35.5. The van der Waals surface area contributed by atoms with Gasteiger partial charge in [-0.15, -0.1) is 0 Å². The lowest BCUT2D eigenvalue weighted by molar-refractivity contribution is 0.0874. The standard InChI is InChI=1S/C15H11Cl2NO/c16-11-6-7-12(13(17)8-11)15(19)18-9-14(18)10-4-2-1-3-5-10/h1-8,14H,9H2. The fourth-order valence-electron chi connectivity index (χ4n) is 2.14. The Bertz CT molecular complexity index is 627. The Morgan fingerprint density at radius 1 is 1.11 bits per heavy atom. The Morgan fingerprint density at radius 3 is 2.53 bits per heavy atom. The molecular formula is C15H11Cl2NO. The summed E-state index contributed by atoms with van der Waals surface area (Å²) in [5.41, 5.74) is 1.66. The van der Waals surface area contributed by atoms with Gasteiger partial charge in [-0.1, -0.05) is 53.5 Å². The van der Waals surface area contributed by atoms with Crippen LogP contribution in [-0.2, 0) is 0 Å². The van der Waals surface area contributed by atoms with Crippen LogP contribution in [0.15, 0.2) is 48.5 Å². The van der Waals surface area contributed by atoms with Crippen LogP contribution in [0.25, 0.3) is 0 Å². The van der Waals surface area contributed by atoms with E-state index < -0.39 is 0 Å². The van der Waals surface area contributed by atoms with Crippen LogP contribution in [0, 0.1) is 0 Å². The maximum atomic E-state index is 12.3. The summed E-state index contributed by atoms with van der Waals surface area (Å²) in [6, 6.07) is 15.1. The molecule has 0 saturated carbocycles. The van der Waals surface area contributed by atoms with E-state index in [0.717, 1.165) is 12.1 Å². The average Bonchev–Trinajstić information content (AvgIpc) is 3.19. The van der Waals surface area contributed by atoms with E-state index in [-0.39, 0.29) is 11.9 Å². The van der Waals surface area contributed by atoms with Gasteiger partial charge in [0.15, 0.2) is 0 Å². The molecular weight excluding hydrogens is 281 g/mol. The highest BCUT2D eigenvalue weighted by Gasteiger charge is 2.40. The molecule has 0 radical (unpaired) electrons. The maximum Gasteiger partial charge on any atom is 0.256 e. The molecule has 3 rings (SSSR count). The first-order chi connectivity index (χ1) is 9.16. The van der Waals surface area contributed by atoms with E-state index in [0.29, 0.717) is 15.6 Å². The Morgan fingerprint density at radius 2 is 1.84 bits per heavy atom. The van der Waals surface area contributed by atoms with E-state index in [1.807, 2.05) is 30.3 Å². The molecule has 1 heterocycles. The highest BCUT2D eigenvalue weighted by molar-refractivity contribution is 6.36. The second-order valence-electron chi connectivity index (χ2n) is 4.51. The Kier molecular flexibility index (Phi) is 3.21. The van der Waals surface area contributed by atoms with Crippen LogP contribution in [0.4, 0.5) is 0 Å². The van der Waals surface area contributed by atoms with Gasteiger partial charge in [-0.3, -0.25) is 4.79 Å². The molecule has 96 valence electrons. The lowest BCUT2D eigenvalue weighted by Crippen LogP contribution is -2.12. The van der Waals surface area contributed by atoms with Crippen molar-refractivity contribution in [2.75, 3.05) is 6.54 Å². The number of amides is 1. The second kappa shape index (κ2) is 4.87. The van der Waals surface area contributed by atoms with E-state index in [2.05, 4.69) is 0 Å². The van der Waals surface area contributed by atoms with Gasteiger partial charge in [0.25, 0.3) is 5.91 Å². The third-order valence-electron chi connectivity index (χ3n) is 3.22. The van der Waals surface area contributed by atoms with E-state index >= 15 is 0 Å². The van der Waals surface area contributed by atoms with Crippen molar-refractivity contribution >= 4 is 29.1 Å². The van der Waals surface area contributed by atoms with Crippen molar-refractivity contribution in [2.24, 2.45) is 0 Å². The number of nitrogens with zero attached hydrogens (tertiary/aromatic N) is 1. The molecule has 0 aromatic heterocycles. The molecule has 2 aromatic rings. The summed E-state index contributed by atoms with van der Waals surface area (Å²) >= 11 is 11.9. The van der Waals surface area contributed by atoms with Gasteiger partial charge >= 0.3 is 0 Å². The van der Waals surface area contributed by atoms with Gasteiger partial charge in [0.1, 0.15) is 0 Å². The average molecular weight is 292 g/mol. The molecule has 1 saturated heterocycles. The zero-order valence-corrected chi connectivity index (χ0v) is 11.5. The summed E-state index contributed by atoms with van der Waals surface area (Å²) in [6.45, 7) is 0.738. The minimum Gasteiger partial charge on any atom is -0.327 e. The molecule has 0 aliphatic carbocycles. The smallest absolute Gasteiger partial charge is 0.256 e.